The fourth-order valence-corrected chi connectivity index (χ4v) is 2.49. The molecule has 0 aliphatic heterocycles. The van der Waals surface area contributed by atoms with Crippen molar-refractivity contribution in [2.24, 2.45) is 0 Å². The van der Waals surface area contributed by atoms with Gasteiger partial charge in [-0.1, -0.05) is 25.4 Å². The second kappa shape index (κ2) is 6.26. The Morgan fingerprint density at radius 3 is 2.74 bits per heavy atom. The van der Waals surface area contributed by atoms with Crippen molar-refractivity contribution in [1.29, 1.82) is 0 Å². The lowest BCUT2D eigenvalue weighted by atomic mass is 10.2. The summed E-state index contributed by atoms with van der Waals surface area (Å²) in [6, 6.07) is 5.71. The maximum absolute atomic E-state index is 6.04. The van der Waals surface area contributed by atoms with Crippen LogP contribution in [0.2, 0.25) is 5.02 Å². The molecule has 104 valence electrons. The third-order valence-corrected chi connectivity index (χ3v) is 3.72. The van der Waals surface area contributed by atoms with Gasteiger partial charge in [-0.15, -0.1) is 0 Å². The average Bonchev–Trinajstić information content (AvgIpc) is 2.71. The van der Waals surface area contributed by atoms with E-state index in [4.69, 9.17) is 17.3 Å². The molecule has 2 aromatic rings. The topological polar surface area (TPSA) is 47.1 Å². The van der Waals surface area contributed by atoms with Crippen molar-refractivity contribution in [3.63, 3.8) is 0 Å². The molecule has 0 radical (unpaired) electrons. The summed E-state index contributed by atoms with van der Waals surface area (Å²) in [5, 5.41) is 6.10. The van der Waals surface area contributed by atoms with Crippen LogP contribution >= 0.6 is 11.6 Å². The van der Waals surface area contributed by atoms with Crippen LogP contribution in [0.3, 0.4) is 0 Å². The fourth-order valence-electron chi connectivity index (χ4n) is 2.33. The molecule has 0 saturated carbocycles. The second-order valence-electron chi connectivity index (χ2n) is 4.65. The third-order valence-electron chi connectivity index (χ3n) is 3.48. The van der Waals surface area contributed by atoms with E-state index < -0.39 is 0 Å². The Morgan fingerprint density at radius 2 is 2.05 bits per heavy atom. The highest BCUT2D eigenvalue weighted by Gasteiger charge is 2.08. The first-order chi connectivity index (χ1) is 9.15. The van der Waals surface area contributed by atoms with Crippen LogP contribution < -0.4 is 5.73 Å². The second-order valence-corrected chi connectivity index (χ2v) is 5.09. The van der Waals surface area contributed by atoms with Gasteiger partial charge in [0.1, 0.15) is 0 Å². The normalized spacial score (nSPS) is 11.6. The largest absolute Gasteiger partial charge is 0.382 e. The number of benzene rings is 1. The first-order valence-electron chi connectivity index (χ1n) is 6.79. The molecule has 5 heteroatoms. The van der Waals surface area contributed by atoms with Crippen molar-refractivity contribution < 1.29 is 0 Å². The Balaban J connectivity index is 2.10. The van der Waals surface area contributed by atoms with Gasteiger partial charge >= 0.3 is 0 Å². The van der Waals surface area contributed by atoms with Gasteiger partial charge in [0.2, 0.25) is 0 Å². The molecular weight excluding hydrogens is 260 g/mol. The summed E-state index contributed by atoms with van der Waals surface area (Å²) in [7, 11) is 0. The van der Waals surface area contributed by atoms with Crippen molar-refractivity contribution in [2.45, 2.75) is 26.8 Å². The van der Waals surface area contributed by atoms with E-state index in [0.29, 0.717) is 5.82 Å². The number of nitrogen functional groups attached to an aromatic ring is 1. The molecule has 0 saturated heterocycles. The number of nitrogens with zero attached hydrogens (tertiary/aromatic N) is 3. The van der Waals surface area contributed by atoms with E-state index in [0.717, 1.165) is 48.5 Å². The minimum absolute atomic E-state index is 0.578. The summed E-state index contributed by atoms with van der Waals surface area (Å²) in [5.74, 6) is 0.578. The molecule has 2 N–H and O–H groups in total. The number of hydrogen-bond donors (Lipinski definition) is 1. The van der Waals surface area contributed by atoms with E-state index in [1.54, 1.807) is 0 Å². The Morgan fingerprint density at radius 1 is 1.32 bits per heavy atom. The van der Waals surface area contributed by atoms with E-state index in [9.17, 15) is 0 Å². The zero-order valence-electron chi connectivity index (χ0n) is 11.6. The Labute approximate surface area is 119 Å². The molecule has 0 spiro atoms. The molecule has 1 aromatic carbocycles. The lowest BCUT2D eigenvalue weighted by molar-refractivity contribution is 0.292. The van der Waals surface area contributed by atoms with Crippen LogP contribution in [0.5, 0.6) is 0 Å². The molecule has 0 fully saturated rings. The van der Waals surface area contributed by atoms with Gasteiger partial charge < -0.3 is 10.6 Å². The molecular formula is C14H21ClN4. The summed E-state index contributed by atoms with van der Waals surface area (Å²) in [4.78, 5) is 2.40. The summed E-state index contributed by atoms with van der Waals surface area (Å²) in [6.45, 7) is 8.49. The first kappa shape index (κ1) is 14.2. The molecule has 1 aromatic heterocycles. The van der Waals surface area contributed by atoms with Crippen molar-refractivity contribution in [2.75, 3.05) is 25.4 Å². The lowest BCUT2D eigenvalue weighted by Crippen LogP contribution is -2.25. The van der Waals surface area contributed by atoms with Crippen LogP contribution in [0.4, 0.5) is 5.82 Å². The van der Waals surface area contributed by atoms with Gasteiger partial charge in [0.05, 0.1) is 5.52 Å². The maximum Gasteiger partial charge on any atom is 0.153 e. The van der Waals surface area contributed by atoms with Crippen molar-refractivity contribution >= 4 is 28.3 Å². The fraction of sp³-hybridized carbons (Fsp3) is 0.500. The van der Waals surface area contributed by atoms with Crippen molar-refractivity contribution in [3.05, 3.63) is 23.2 Å². The summed E-state index contributed by atoms with van der Waals surface area (Å²) < 4.78 is 1.96. The number of aromatic nitrogens is 2. The molecule has 0 bridgehead atoms. The third kappa shape index (κ3) is 3.19. The monoisotopic (exact) mass is 280 g/mol. The molecule has 19 heavy (non-hydrogen) atoms. The van der Waals surface area contributed by atoms with E-state index in [1.807, 2.05) is 22.9 Å². The summed E-state index contributed by atoms with van der Waals surface area (Å²) >= 11 is 6.04. The molecule has 0 aliphatic carbocycles. The van der Waals surface area contributed by atoms with E-state index >= 15 is 0 Å². The number of halogens is 1. The van der Waals surface area contributed by atoms with Crippen molar-refractivity contribution in [1.82, 2.24) is 14.7 Å². The molecule has 0 unspecified atom stereocenters. The van der Waals surface area contributed by atoms with Gasteiger partial charge in [0.25, 0.3) is 0 Å². The summed E-state index contributed by atoms with van der Waals surface area (Å²) in [5.41, 5.74) is 6.94. The number of fused-ring (bicyclic) bond motifs is 1. The van der Waals surface area contributed by atoms with Crippen LogP contribution in [-0.4, -0.2) is 34.3 Å². The minimum Gasteiger partial charge on any atom is -0.382 e. The van der Waals surface area contributed by atoms with E-state index in [-0.39, 0.29) is 0 Å². The summed E-state index contributed by atoms with van der Waals surface area (Å²) in [6.07, 6.45) is 1.06. The number of hydrogen-bond acceptors (Lipinski definition) is 3. The quantitative estimate of drug-likeness (QED) is 0.885. The van der Waals surface area contributed by atoms with Gasteiger partial charge in [-0.3, -0.25) is 4.68 Å². The standard InChI is InChI=1S/C14H21ClN4/c1-3-18(4-2)8-5-9-19-13-10-11(15)6-7-12(13)14(16)17-19/h6-7,10H,3-5,8-9H2,1-2H3,(H2,16,17). The van der Waals surface area contributed by atoms with Gasteiger partial charge in [0, 0.05) is 17.0 Å². The molecule has 2 rings (SSSR count). The Bertz CT molecular complexity index is 546. The smallest absolute Gasteiger partial charge is 0.153 e. The zero-order valence-corrected chi connectivity index (χ0v) is 12.3. The first-order valence-corrected chi connectivity index (χ1v) is 7.17. The lowest BCUT2D eigenvalue weighted by Gasteiger charge is -2.17. The molecule has 0 atom stereocenters. The van der Waals surface area contributed by atoms with Gasteiger partial charge in [-0.25, -0.2) is 0 Å². The van der Waals surface area contributed by atoms with Crippen LogP contribution in [0.25, 0.3) is 10.9 Å². The number of aryl methyl sites for hydroxylation is 1. The highest BCUT2D eigenvalue weighted by molar-refractivity contribution is 6.31. The number of anilines is 1. The van der Waals surface area contributed by atoms with Crippen molar-refractivity contribution in [3.8, 4) is 0 Å². The highest BCUT2D eigenvalue weighted by Crippen LogP contribution is 2.24. The molecule has 0 aliphatic rings. The molecule has 1 heterocycles. The highest BCUT2D eigenvalue weighted by atomic mass is 35.5. The predicted octanol–water partition coefficient (Wildman–Crippen LogP) is 3.00. The van der Waals surface area contributed by atoms with Crippen LogP contribution in [-0.2, 0) is 6.54 Å². The zero-order chi connectivity index (χ0) is 13.8. The van der Waals surface area contributed by atoms with E-state index in [1.165, 1.54) is 0 Å². The number of nitrogens with two attached hydrogens (primary N) is 1. The van der Waals surface area contributed by atoms with Crippen LogP contribution in [0.1, 0.15) is 20.3 Å². The maximum atomic E-state index is 6.04. The van der Waals surface area contributed by atoms with Crippen LogP contribution in [0, 0.1) is 0 Å². The Hall–Kier alpha value is -1.26. The van der Waals surface area contributed by atoms with Gasteiger partial charge in [0.15, 0.2) is 5.82 Å². The van der Waals surface area contributed by atoms with Gasteiger partial charge in [-0.05, 0) is 44.3 Å². The predicted molar refractivity (Wildman–Crippen MR) is 81.6 cm³/mol. The molecule has 4 nitrogen and oxygen atoms in total. The minimum atomic E-state index is 0.578. The van der Waals surface area contributed by atoms with Gasteiger partial charge in [-0.2, -0.15) is 5.10 Å². The Kier molecular flexibility index (Phi) is 4.66. The van der Waals surface area contributed by atoms with Crippen LogP contribution in [0.15, 0.2) is 18.2 Å². The SMILES string of the molecule is CCN(CC)CCCn1nc(N)c2ccc(Cl)cc21. The number of rotatable bonds is 6. The molecule has 0 amide bonds. The average molecular weight is 281 g/mol. The van der Waals surface area contributed by atoms with E-state index in [2.05, 4.69) is 23.8 Å².